The van der Waals surface area contributed by atoms with E-state index in [0.29, 0.717) is 4.91 Å². The van der Waals surface area contributed by atoms with Gasteiger partial charge in [-0.3, -0.25) is 14.9 Å². The lowest BCUT2D eigenvalue weighted by atomic mass is 10.3. The fraction of sp³-hybridized carbons (Fsp3) is 0. The molecule has 0 saturated carbocycles. The predicted octanol–water partition coefficient (Wildman–Crippen LogP) is 3.41. The summed E-state index contributed by atoms with van der Waals surface area (Å²) in [7, 11) is 0. The maximum absolute atomic E-state index is 11.6. The summed E-state index contributed by atoms with van der Waals surface area (Å²) in [5.41, 5.74) is 1.87. The Kier molecular flexibility index (Phi) is 3.66. The molecule has 1 aromatic carbocycles. The van der Waals surface area contributed by atoms with Gasteiger partial charge in [0, 0.05) is 21.1 Å². The Bertz CT molecular complexity index is 719. The molecule has 1 saturated heterocycles. The molecule has 20 heavy (non-hydrogen) atoms. The fourth-order valence-electron chi connectivity index (χ4n) is 1.90. The van der Waals surface area contributed by atoms with Crippen LogP contribution in [-0.4, -0.2) is 15.7 Å². The molecule has 0 spiro atoms. The second-order valence-electron chi connectivity index (χ2n) is 4.13. The first-order chi connectivity index (χ1) is 9.63. The van der Waals surface area contributed by atoms with E-state index in [0.717, 1.165) is 26.7 Å². The number of imide groups is 1. The third-order valence-corrected chi connectivity index (χ3v) is 4.34. The van der Waals surface area contributed by atoms with Gasteiger partial charge in [-0.2, -0.15) is 0 Å². The molecule has 1 aliphatic rings. The Balaban J connectivity index is 1.99. The number of carbonyl (C=O) groups is 2. The van der Waals surface area contributed by atoms with Gasteiger partial charge in [0.15, 0.2) is 0 Å². The number of hydrogen-bond donors (Lipinski definition) is 1. The summed E-state index contributed by atoms with van der Waals surface area (Å²) in [6.07, 6.45) is 3.65. The van der Waals surface area contributed by atoms with Crippen LogP contribution >= 0.6 is 34.4 Å². The largest absolute Gasteiger partial charge is 0.317 e. The van der Waals surface area contributed by atoms with Crippen molar-refractivity contribution in [2.45, 2.75) is 0 Å². The van der Waals surface area contributed by atoms with Crippen LogP contribution in [0.25, 0.3) is 11.8 Å². The highest BCUT2D eigenvalue weighted by molar-refractivity contribution is 14.1. The highest BCUT2D eigenvalue weighted by atomic mass is 127. The average Bonchev–Trinajstić information content (AvgIpc) is 2.98. The zero-order chi connectivity index (χ0) is 14.1. The first-order valence-electron chi connectivity index (χ1n) is 5.81. The van der Waals surface area contributed by atoms with E-state index < -0.39 is 0 Å². The second kappa shape index (κ2) is 5.45. The molecular formula is C14H9IN2O2S. The Morgan fingerprint density at radius 3 is 2.55 bits per heavy atom. The van der Waals surface area contributed by atoms with Gasteiger partial charge in [0.1, 0.15) is 0 Å². The van der Waals surface area contributed by atoms with Crippen LogP contribution in [0.1, 0.15) is 5.69 Å². The van der Waals surface area contributed by atoms with Gasteiger partial charge in [-0.15, -0.1) is 0 Å². The lowest BCUT2D eigenvalue weighted by Crippen LogP contribution is -2.17. The zero-order valence-corrected chi connectivity index (χ0v) is 13.1. The fourth-order valence-corrected chi connectivity index (χ4v) is 2.93. The van der Waals surface area contributed by atoms with E-state index in [1.165, 1.54) is 0 Å². The lowest BCUT2D eigenvalue weighted by Gasteiger charge is -2.06. The Morgan fingerprint density at radius 2 is 1.90 bits per heavy atom. The molecule has 0 bridgehead atoms. The Labute approximate surface area is 133 Å². The number of amides is 2. The standard InChI is InChI=1S/C14H9IN2O2S/c15-9-3-5-10(6-4-9)17-7-1-2-11(17)8-12-13(18)16-14(19)20-12/h1-8H,(H,16,18,19). The number of nitrogens with zero attached hydrogens (tertiary/aromatic N) is 1. The van der Waals surface area contributed by atoms with Crippen LogP contribution in [0.15, 0.2) is 47.5 Å². The van der Waals surface area contributed by atoms with Gasteiger partial charge in [0.2, 0.25) is 0 Å². The molecule has 0 radical (unpaired) electrons. The van der Waals surface area contributed by atoms with Crippen LogP contribution in [0.2, 0.25) is 0 Å². The van der Waals surface area contributed by atoms with Crippen LogP contribution in [0.5, 0.6) is 0 Å². The van der Waals surface area contributed by atoms with Crippen LogP contribution < -0.4 is 5.32 Å². The summed E-state index contributed by atoms with van der Waals surface area (Å²) in [6.45, 7) is 0. The molecule has 1 aliphatic heterocycles. The van der Waals surface area contributed by atoms with Crippen LogP contribution in [0, 0.1) is 3.57 Å². The van der Waals surface area contributed by atoms with Crippen LogP contribution in [0.3, 0.4) is 0 Å². The van der Waals surface area contributed by atoms with Gasteiger partial charge in [-0.05, 0) is 76.8 Å². The van der Waals surface area contributed by atoms with Gasteiger partial charge < -0.3 is 4.57 Å². The maximum atomic E-state index is 11.6. The molecule has 2 heterocycles. The van der Waals surface area contributed by atoms with Gasteiger partial charge in [-0.1, -0.05) is 0 Å². The number of halogens is 1. The minimum absolute atomic E-state index is 0.325. The van der Waals surface area contributed by atoms with Crippen molar-refractivity contribution >= 4 is 51.6 Å². The summed E-state index contributed by atoms with van der Waals surface area (Å²) in [4.78, 5) is 23.2. The van der Waals surface area contributed by atoms with Crippen molar-refractivity contribution in [3.63, 3.8) is 0 Å². The second-order valence-corrected chi connectivity index (χ2v) is 6.39. The van der Waals surface area contributed by atoms with Crippen molar-refractivity contribution in [3.05, 3.63) is 56.8 Å². The van der Waals surface area contributed by atoms with Crippen molar-refractivity contribution in [2.24, 2.45) is 0 Å². The van der Waals surface area contributed by atoms with Crippen LogP contribution in [-0.2, 0) is 4.79 Å². The number of benzene rings is 1. The smallest absolute Gasteiger partial charge is 0.290 e. The molecule has 4 nitrogen and oxygen atoms in total. The molecule has 0 atom stereocenters. The molecule has 0 aliphatic carbocycles. The summed E-state index contributed by atoms with van der Waals surface area (Å²) in [5.74, 6) is -0.338. The lowest BCUT2D eigenvalue weighted by molar-refractivity contribution is -0.115. The molecule has 2 aromatic rings. The molecule has 3 rings (SSSR count). The molecule has 0 unspecified atom stereocenters. The normalized spacial score (nSPS) is 16.8. The monoisotopic (exact) mass is 396 g/mol. The van der Waals surface area contributed by atoms with Crippen molar-refractivity contribution in [2.75, 3.05) is 0 Å². The van der Waals surface area contributed by atoms with E-state index in [4.69, 9.17) is 0 Å². The number of rotatable bonds is 2. The van der Waals surface area contributed by atoms with Gasteiger partial charge in [0.25, 0.3) is 11.1 Å². The third-order valence-electron chi connectivity index (χ3n) is 2.81. The summed E-state index contributed by atoms with van der Waals surface area (Å²) in [6, 6.07) is 11.9. The summed E-state index contributed by atoms with van der Waals surface area (Å²) < 4.78 is 3.13. The Hall–Kier alpha value is -1.54. The number of thioether (sulfide) groups is 1. The third kappa shape index (κ3) is 2.66. The SMILES string of the molecule is O=C1NC(=O)C(=Cc2cccn2-c2ccc(I)cc2)S1. The van der Waals surface area contributed by atoms with Gasteiger partial charge in [-0.25, -0.2) is 0 Å². The Morgan fingerprint density at radius 1 is 1.15 bits per heavy atom. The highest BCUT2D eigenvalue weighted by Crippen LogP contribution is 2.26. The first-order valence-corrected chi connectivity index (χ1v) is 7.71. The first kappa shape index (κ1) is 13.4. The number of hydrogen-bond acceptors (Lipinski definition) is 3. The summed E-state index contributed by atoms with van der Waals surface area (Å²) >= 11 is 3.18. The predicted molar refractivity (Wildman–Crippen MR) is 87.6 cm³/mol. The van der Waals surface area contributed by atoms with Crippen molar-refractivity contribution in [1.29, 1.82) is 0 Å². The van der Waals surface area contributed by atoms with E-state index >= 15 is 0 Å². The highest BCUT2D eigenvalue weighted by Gasteiger charge is 2.25. The number of aromatic nitrogens is 1. The molecule has 1 fully saturated rings. The molecule has 100 valence electrons. The average molecular weight is 396 g/mol. The summed E-state index contributed by atoms with van der Waals surface area (Å²) in [5, 5.41) is 1.93. The maximum Gasteiger partial charge on any atom is 0.290 e. The molecule has 6 heteroatoms. The van der Waals surface area contributed by atoms with E-state index in [1.54, 1.807) is 6.08 Å². The van der Waals surface area contributed by atoms with Gasteiger partial charge in [0.05, 0.1) is 4.91 Å². The van der Waals surface area contributed by atoms with Crippen molar-refractivity contribution in [3.8, 4) is 5.69 Å². The minimum Gasteiger partial charge on any atom is -0.317 e. The molecule has 1 aromatic heterocycles. The minimum atomic E-state index is -0.338. The molecule has 1 N–H and O–H groups in total. The number of nitrogens with one attached hydrogen (secondary N) is 1. The van der Waals surface area contributed by atoms with Crippen molar-refractivity contribution in [1.82, 2.24) is 9.88 Å². The topological polar surface area (TPSA) is 51.1 Å². The molecule has 2 amide bonds. The van der Waals surface area contributed by atoms with E-state index in [2.05, 4.69) is 27.9 Å². The van der Waals surface area contributed by atoms with E-state index in [-0.39, 0.29) is 11.1 Å². The number of carbonyl (C=O) groups excluding carboxylic acids is 2. The van der Waals surface area contributed by atoms with Crippen molar-refractivity contribution < 1.29 is 9.59 Å². The van der Waals surface area contributed by atoms with E-state index in [1.807, 2.05) is 47.2 Å². The zero-order valence-electron chi connectivity index (χ0n) is 10.2. The van der Waals surface area contributed by atoms with Gasteiger partial charge >= 0.3 is 0 Å². The van der Waals surface area contributed by atoms with E-state index in [9.17, 15) is 9.59 Å². The quantitative estimate of drug-likeness (QED) is 0.626. The van der Waals surface area contributed by atoms with Crippen LogP contribution in [0.4, 0.5) is 4.79 Å². The molecular weight excluding hydrogens is 387 g/mol.